The molecular weight excluding hydrogens is 420 g/mol. The SMILES string of the molecule is CC(C)(c1ccc(O)c(CC2CO2)c1CC1CO1)c1ccc(O)c(CC2CO2)c1CC1CO1. The minimum atomic E-state index is -0.339. The number of aromatic hydroxyl groups is 2. The first-order valence-corrected chi connectivity index (χ1v) is 12.0. The first-order chi connectivity index (χ1) is 15.9. The minimum absolute atomic E-state index is 0.189. The summed E-state index contributed by atoms with van der Waals surface area (Å²) >= 11 is 0. The van der Waals surface area contributed by atoms with Gasteiger partial charge < -0.3 is 29.2 Å². The first-order valence-electron chi connectivity index (χ1n) is 12.0. The van der Waals surface area contributed by atoms with Crippen LogP contribution in [-0.2, 0) is 50.0 Å². The van der Waals surface area contributed by atoms with Crippen molar-refractivity contribution in [2.75, 3.05) is 26.4 Å². The smallest absolute Gasteiger partial charge is 0.119 e. The summed E-state index contributed by atoms with van der Waals surface area (Å²) in [5.41, 5.74) is 6.37. The molecule has 0 radical (unpaired) electrons. The van der Waals surface area contributed by atoms with E-state index in [-0.39, 0.29) is 29.8 Å². The minimum Gasteiger partial charge on any atom is -0.508 e. The molecule has 0 amide bonds. The van der Waals surface area contributed by atoms with Crippen LogP contribution in [-0.4, -0.2) is 61.1 Å². The van der Waals surface area contributed by atoms with E-state index in [0.29, 0.717) is 11.5 Å². The molecule has 2 aromatic rings. The van der Waals surface area contributed by atoms with Gasteiger partial charge in [-0.1, -0.05) is 26.0 Å². The maximum Gasteiger partial charge on any atom is 0.119 e. The van der Waals surface area contributed by atoms with Crippen molar-refractivity contribution in [2.45, 2.75) is 69.4 Å². The molecule has 2 N–H and O–H groups in total. The molecule has 4 saturated heterocycles. The Morgan fingerprint density at radius 2 is 0.909 bits per heavy atom. The third kappa shape index (κ3) is 4.50. The summed E-state index contributed by atoms with van der Waals surface area (Å²) in [4.78, 5) is 0. The lowest BCUT2D eigenvalue weighted by Gasteiger charge is -2.33. The van der Waals surface area contributed by atoms with Gasteiger partial charge in [0.15, 0.2) is 0 Å². The fraction of sp³-hybridized carbons (Fsp3) is 0.556. The van der Waals surface area contributed by atoms with E-state index in [1.807, 2.05) is 12.1 Å². The highest BCUT2D eigenvalue weighted by Crippen LogP contribution is 2.44. The molecule has 2 aromatic carbocycles. The van der Waals surface area contributed by atoms with Crippen LogP contribution in [0.5, 0.6) is 11.5 Å². The second-order valence-electron chi connectivity index (χ2n) is 10.4. The number of phenolic OH excluding ortho intramolecular Hbond substituents is 2. The lowest BCUT2D eigenvalue weighted by Crippen LogP contribution is -2.26. The topological polar surface area (TPSA) is 90.6 Å². The zero-order chi connectivity index (χ0) is 22.7. The lowest BCUT2D eigenvalue weighted by molar-refractivity contribution is 0.393. The summed E-state index contributed by atoms with van der Waals surface area (Å²) in [6, 6.07) is 7.79. The van der Waals surface area contributed by atoms with Crippen LogP contribution >= 0.6 is 0 Å². The van der Waals surface area contributed by atoms with Crippen molar-refractivity contribution in [3.05, 3.63) is 57.6 Å². The van der Waals surface area contributed by atoms with Crippen molar-refractivity contribution in [1.82, 2.24) is 0 Å². The molecule has 6 heteroatoms. The Labute approximate surface area is 194 Å². The Balaban J connectivity index is 1.46. The van der Waals surface area contributed by atoms with E-state index in [2.05, 4.69) is 26.0 Å². The van der Waals surface area contributed by atoms with Crippen LogP contribution in [0, 0.1) is 0 Å². The zero-order valence-corrected chi connectivity index (χ0v) is 19.3. The average molecular weight is 453 g/mol. The van der Waals surface area contributed by atoms with Gasteiger partial charge in [0.2, 0.25) is 0 Å². The van der Waals surface area contributed by atoms with Crippen molar-refractivity contribution in [2.24, 2.45) is 0 Å². The number of hydrogen-bond donors (Lipinski definition) is 2. The largest absolute Gasteiger partial charge is 0.508 e. The van der Waals surface area contributed by atoms with Gasteiger partial charge >= 0.3 is 0 Å². The number of benzene rings is 2. The first kappa shape index (κ1) is 21.4. The van der Waals surface area contributed by atoms with Crippen molar-refractivity contribution in [1.29, 1.82) is 0 Å². The Morgan fingerprint density at radius 3 is 1.21 bits per heavy atom. The Morgan fingerprint density at radius 1 is 0.606 bits per heavy atom. The van der Waals surface area contributed by atoms with E-state index < -0.39 is 0 Å². The van der Waals surface area contributed by atoms with E-state index in [1.54, 1.807) is 0 Å². The molecule has 4 unspecified atom stereocenters. The van der Waals surface area contributed by atoms with E-state index >= 15 is 0 Å². The summed E-state index contributed by atoms with van der Waals surface area (Å²) in [5.74, 6) is 0.675. The van der Waals surface area contributed by atoms with Crippen LogP contribution < -0.4 is 0 Å². The predicted molar refractivity (Wildman–Crippen MR) is 122 cm³/mol. The van der Waals surface area contributed by atoms with Crippen LogP contribution in [0.2, 0.25) is 0 Å². The van der Waals surface area contributed by atoms with Crippen molar-refractivity contribution >= 4 is 0 Å². The second-order valence-corrected chi connectivity index (χ2v) is 10.4. The van der Waals surface area contributed by atoms with Crippen molar-refractivity contribution in [3.63, 3.8) is 0 Å². The molecule has 6 rings (SSSR count). The molecule has 176 valence electrons. The zero-order valence-electron chi connectivity index (χ0n) is 19.3. The molecule has 0 aromatic heterocycles. The van der Waals surface area contributed by atoms with Crippen LogP contribution in [0.15, 0.2) is 24.3 Å². The molecule has 4 fully saturated rings. The molecule has 4 aliphatic heterocycles. The highest BCUT2D eigenvalue weighted by molar-refractivity contribution is 5.56. The monoisotopic (exact) mass is 452 g/mol. The Hall–Kier alpha value is -2.12. The summed E-state index contributed by atoms with van der Waals surface area (Å²) < 4.78 is 22.2. The fourth-order valence-corrected chi connectivity index (χ4v) is 5.25. The number of phenols is 2. The van der Waals surface area contributed by atoms with Gasteiger partial charge in [-0.15, -0.1) is 0 Å². The van der Waals surface area contributed by atoms with E-state index in [9.17, 15) is 10.2 Å². The van der Waals surface area contributed by atoms with Crippen LogP contribution in [0.4, 0.5) is 0 Å². The van der Waals surface area contributed by atoms with Gasteiger partial charge in [-0.25, -0.2) is 0 Å². The standard InChI is InChI=1S/C27H32O6/c1-27(2,23-3-5-25(28)21(9-17-13-32-17)19(23)7-15-11-30-15)24-4-6-26(29)22(10-18-14-33-18)20(24)8-16-12-31-16/h3-6,15-18,28-29H,7-14H2,1-2H3. The molecule has 0 spiro atoms. The molecule has 33 heavy (non-hydrogen) atoms. The van der Waals surface area contributed by atoms with E-state index in [4.69, 9.17) is 18.9 Å². The van der Waals surface area contributed by atoms with Gasteiger partial charge in [-0.05, 0) is 34.4 Å². The van der Waals surface area contributed by atoms with E-state index in [0.717, 1.165) is 63.2 Å². The fourth-order valence-electron chi connectivity index (χ4n) is 5.25. The predicted octanol–water partition coefficient (Wildman–Crippen LogP) is 3.19. The van der Waals surface area contributed by atoms with Gasteiger partial charge in [-0.3, -0.25) is 0 Å². The number of epoxide rings is 4. The molecule has 4 atom stereocenters. The third-order valence-corrected chi connectivity index (χ3v) is 7.50. The van der Waals surface area contributed by atoms with Gasteiger partial charge in [0.05, 0.1) is 50.8 Å². The van der Waals surface area contributed by atoms with E-state index in [1.165, 1.54) is 22.3 Å². The van der Waals surface area contributed by atoms with Gasteiger partial charge in [-0.2, -0.15) is 0 Å². The summed E-state index contributed by atoms with van der Waals surface area (Å²) in [6.45, 7) is 7.53. The van der Waals surface area contributed by atoms with Gasteiger partial charge in [0, 0.05) is 42.2 Å². The summed E-state index contributed by atoms with van der Waals surface area (Å²) in [7, 11) is 0. The number of hydrogen-bond acceptors (Lipinski definition) is 6. The molecule has 6 nitrogen and oxygen atoms in total. The van der Waals surface area contributed by atoms with Crippen LogP contribution in [0.1, 0.15) is 47.2 Å². The molecule has 0 saturated carbocycles. The quantitative estimate of drug-likeness (QED) is 0.538. The van der Waals surface area contributed by atoms with Crippen LogP contribution in [0.3, 0.4) is 0 Å². The van der Waals surface area contributed by atoms with Gasteiger partial charge in [0.1, 0.15) is 11.5 Å². The lowest BCUT2D eigenvalue weighted by atomic mass is 9.71. The molecule has 0 bridgehead atoms. The second kappa shape index (κ2) is 7.98. The highest BCUT2D eigenvalue weighted by Gasteiger charge is 2.38. The average Bonchev–Trinajstić information content (AvgIpc) is 3.60. The highest BCUT2D eigenvalue weighted by atomic mass is 16.6. The number of rotatable bonds is 10. The maximum absolute atomic E-state index is 10.8. The molecule has 0 aliphatic carbocycles. The van der Waals surface area contributed by atoms with Crippen molar-refractivity contribution < 1.29 is 29.2 Å². The van der Waals surface area contributed by atoms with Gasteiger partial charge in [0.25, 0.3) is 0 Å². The Bertz CT molecular complexity index is 977. The third-order valence-electron chi connectivity index (χ3n) is 7.50. The van der Waals surface area contributed by atoms with Crippen LogP contribution in [0.25, 0.3) is 0 Å². The normalized spacial score (nSPS) is 27.5. The molecule has 4 heterocycles. The number of ether oxygens (including phenoxy) is 4. The summed E-state index contributed by atoms with van der Waals surface area (Å²) in [6.07, 6.45) is 3.82. The Kier molecular flexibility index (Phi) is 5.18. The molecule has 4 aliphatic rings. The van der Waals surface area contributed by atoms with Crippen molar-refractivity contribution in [3.8, 4) is 11.5 Å². The maximum atomic E-state index is 10.8. The summed E-state index contributed by atoms with van der Waals surface area (Å²) in [5, 5.41) is 21.5. The molecular formula is C27H32O6.